The predicted octanol–water partition coefficient (Wildman–Crippen LogP) is 1.04. The molecular formula is C10H12Cl2N4O2. The lowest BCUT2D eigenvalue weighted by Crippen LogP contribution is -2.44. The number of amides is 2. The molecule has 1 unspecified atom stereocenters. The van der Waals surface area contributed by atoms with E-state index < -0.39 is 11.9 Å². The van der Waals surface area contributed by atoms with Crippen molar-refractivity contribution in [2.75, 3.05) is 6.54 Å². The summed E-state index contributed by atoms with van der Waals surface area (Å²) in [4.78, 5) is 23.3. The Labute approximate surface area is 114 Å². The van der Waals surface area contributed by atoms with E-state index in [9.17, 15) is 9.59 Å². The first-order valence-electron chi connectivity index (χ1n) is 5.23. The summed E-state index contributed by atoms with van der Waals surface area (Å²) in [6.45, 7) is 3.84. The topological polar surface area (TPSA) is 84.0 Å². The van der Waals surface area contributed by atoms with Crippen molar-refractivity contribution in [1.29, 1.82) is 0 Å². The summed E-state index contributed by atoms with van der Waals surface area (Å²) in [5, 5.41) is 12.1. The summed E-state index contributed by atoms with van der Waals surface area (Å²) >= 11 is 11.3. The van der Waals surface area contributed by atoms with E-state index in [1.165, 1.54) is 6.07 Å². The molecule has 1 heterocycles. The van der Waals surface area contributed by atoms with Crippen LogP contribution < -0.4 is 10.6 Å². The molecule has 1 rings (SSSR count). The lowest BCUT2D eigenvalue weighted by Gasteiger charge is -2.13. The Kier molecular flexibility index (Phi) is 5.30. The SMILES string of the molecule is CCNC(=O)C(C)NC(=O)c1cc(Cl)nnc1Cl. The molecule has 0 aliphatic carbocycles. The van der Waals surface area contributed by atoms with Crippen molar-refractivity contribution in [2.45, 2.75) is 19.9 Å². The van der Waals surface area contributed by atoms with Gasteiger partial charge >= 0.3 is 0 Å². The van der Waals surface area contributed by atoms with E-state index in [0.717, 1.165) is 0 Å². The first-order valence-corrected chi connectivity index (χ1v) is 5.98. The monoisotopic (exact) mass is 290 g/mol. The van der Waals surface area contributed by atoms with Crippen molar-refractivity contribution >= 4 is 35.0 Å². The van der Waals surface area contributed by atoms with Crippen LogP contribution in [-0.2, 0) is 4.79 Å². The highest BCUT2D eigenvalue weighted by Gasteiger charge is 2.18. The zero-order valence-electron chi connectivity index (χ0n) is 9.83. The van der Waals surface area contributed by atoms with Crippen LogP contribution in [0.1, 0.15) is 24.2 Å². The van der Waals surface area contributed by atoms with Crippen LogP contribution in [0.25, 0.3) is 0 Å². The highest BCUT2D eigenvalue weighted by Crippen LogP contribution is 2.15. The molecule has 0 aromatic carbocycles. The first-order chi connectivity index (χ1) is 8.45. The standard InChI is InChI=1S/C10H12Cl2N4O2/c1-3-13-9(17)5(2)14-10(18)6-4-7(11)15-16-8(6)12/h4-5H,3H2,1-2H3,(H,13,17)(H,14,18). The lowest BCUT2D eigenvalue weighted by atomic mass is 10.2. The Morgan fingerprint density at radius 3 is 2.67 bits per heavy atom. The third kappa shape index (κ3) is 3.82. The zero-order valence-corrected chi connectivity index (χ0v) is 11.3. The second-order valence-corrected chi connectivity index (χ2v) is 4.21. The maximum absolute atomic E-state index is 11.8. The third-order valence-electron chi connectivity index (χ3n) is 2.06. The highest BCUT2D eigenvalue weighted by atomic mass is 35.5. The van der Waals surface area contributed by atoms with Gasteiger partial charge in [-0.2, -0.15) is 0 Å². The molecular weight excluding hydrogens is 279 g/mol. The molecule has 0 saturated heterocycles. The van der Waals surface area contributed by atoms with Gasteiger partial charge in [0.1, 0.15) is 6.04 Å². The minimum Gasteiger partial charge on any atom is -0.355 e. The molecule has 2 amide bonds. The fourth-order valence-corrected chi connectivity index (χ4v) is 1.50. The van der Waals surface area contributed by atoms with E-state index in [0.29, 0.717) is 6.54 Å². The van der Waals surface area contributed by atoms with Crippen molar-refractivity contribution in [1.82, 2.24) is 20.8 Å². The Hall–Kier alpha value is -1.40. The number of nitrogens with one attached hydrogen (secondary N) is 2. The Morgan fingerprint density at radius 1 is 1.39 bits per heavy atom. The van der Waals surface area contributed by atoms with Crippen LogP contribution in [0.2, 0.25) is 10.3 Å². The fourth-order valence-electron chi connectivity index (χ4n) is 1.18. The Bertz CT molecular complexity index is 467. The van der Waals surface area contributed by atoms with E-state index in [-0.39, 0.29) is 21.8 Å². The van der Waals surface area contributed by atoms with Crippen molar-refractivity contribution in [2.24, 2.45) is 0 Å². The minimum atomic E-state index is -0.680. The van der Waals surface area contributed by atoms with Crippen molar-refractivity contribution in [3.8, 4) is 0 Å². The number of halogens is 2. The maximum atomic E-state index is 11.8. The van der Waals surface area contributed by atoms with E-state index in [2.05, 4.69) is 20.8 Å². The van der Waals surface area contributed by atoms with E-state index >= 15 is 0 Å². The second kappa shape index (κ2) is 6.51. The molecule has 1 atom stereocenters. The van der Waals surface area contributed by atoms with Gasteiger partial charge in [-0.05, 0) is 19.9 Å². The van der Waals surface area contributed by atoms with Crippen LogP contribution >= 0.6 is 23.2 Å². The number of likely N-dealkylation sites (N-methyl/N-ethyl adjacent to an activating group) is 1. The molecule has 1 aromatic heterocycles. The number of aromatic nitrogens is 2. The quantitative estimate of drug-likeness (QED) is 0.868. The molecule has 98 valence electrons. The molecule has 8 heteroatoms. The second-order valence-electron chi connectivity index (χ2n) is 3.46. The number of carbonyl (C=O) groups is 2. The van der Waals surface area contributed by atoms with Gasteiger partial charge < -0.3 is 10.6 Å². The van der Waals surface area contributed by atoms with Gasteiger partial charge in [0.05, 0.1) is 5.56 Å². The van der Waals surface area contributed by atoms with E-state index in [1.54, 1.807) is 13.8 Å². The number of carbonyl (C=O) groups excluding carboxylic acids is 2. The van der Waals surface area contributed by atoms with Crippen LogP contribution in [0.5, 0.6) is 0 Å². The molecule has 0 radical (unpaired) electrons. The molecule has 6 nitrogen and oxygen atoms in total. The normalized spacial score (nSPS) is 11.8. The molecule has 0 bridgehead atoms. The lowest BCUT2D eigenvalue weighted by molar-refractivity contribution is -0.122. The molecule has 0 saturated carbocycles. The van der Waals surface area contributed by atoms with Crippen molar-refractivity contribution in [3.05, 3.63) is 21.9 Å². The largest absolute Gasteiger partial charge is 0.355 e. The molecule has 0 aliphatic rings. The summed E-state index contributed by atoms with van der Waals surface area (Å²) in [6, 6.07) is 0.608. The van der Waals surface area contributed by atoms with Gasteiger partial charge in [0.2, 0.25) is 5.91 Å². The summed E-state index contributed by atoms with van der Waals surface area (Å²) in [6.07, 6.45) is 0. The maximum Gasteiger partial charge on any atom is 0.255 e. The molecule has 0 fully saturated rings. The van der Waals surface area contributed by atoms with Crippen LogP contribution in [0.15, 0.2) is 6.07 Å². The Balaban J connectivity index is 2.76. The molecule has 0 aliphatic heterocycles. The Morgan fingerprint density at radius 2 is 2.06 bits per heavy atom. The number of hydrogen-bond donors (Lipinski definition) is 2. The van der Waals surface area contributed by atoms with Gasteiger partial charge in [-0.1, -0.05) is 23.2 Å². The van der Waals surface area contributed by atoms with E-state index in [4.69, 9.17) is 23.2 Å². The average Bonchev–Trinajstić information content (AvgIpc) is 2.32. The summed E-state index contributed by atoms with van der Waals surface area (Å²) in [5.41, 5.74) is 0.0767. The van der Waals surface area contributed by atoms with Crippen LogP contribution in [-0.4, -0.2) is 34.6 Å². The van der Waals surface area contributed by atoms with Gasteiger partial charge in [0.15, 0.2) is 10.3 Å². The molecule has 18 heavy (non-hydrogen) atoms. The first kappa shape index (κ1) is 14.7. The zero-order chi connectivity index (χ0) is 13.7. The van der Waals surface area contributed by atoms with Gasteiger partial charge in [-0.15, -0.1) is 10.2 Å². The number of hydrogen-bond acceptors (Lipinski definition) is 4. The summed E-state index contributed by atoms with van der Waals surface area (Å²) in [5.74, 6) is -0.814. The van der Waals surface area contributed by atoms with E-state index in [1.807, 2.05) is 0 Å². The third-order valence-corrected chi connectivity index (χ3v) is 2.52. The summed E-state index contributed by atoms with van der Waals surface area (Å²) in [7, 11) is 0. The fraction of sp³-hybridized carbons (Fsp3) is 0.400. The molecule has 2 N–H and O–H groups in total. The average molecular weight is 291 g/mol. The highest BCUT2D eigenvalue weighted by molar-refractivity contribution is 6.34. The van der Waals surface area contributed by atoms with Crippen LogP contribution in [0.3, 0.4) is 0 Å². The smallest absolute Gasteiger partial charge is 0.255 e. The minimum absolute atomic E-state index is 0.0511. The van der Waals surface area contributed by atoms with Gasteiger partial charge in [0.25, 0.3) is 5.91 Å². The van der Waals surface area contributed by atoms with Crippen LogP contribution in [0, 0.1) is 0 Å². The number of nitrogens with zero attached hydrogens (tertiary/aromatic N) is 2. The van der Waals surface area contributed by atoms with Crippen molar-refractivity contribution in [3.63, 3.8) is 0 Å². The molecule has 0 spiro atoms. The summed E-state index contributed by atoms with van der Waals surface area (Å²) < 4.78 is 0. The van der Waals surface area contributed by atoms with Crippen molar-refractivity contribution < 1.29 is 9.59 Å². The number of rotatable bonds is 4. The molecule has 1 aromatic rings. The predicted molar refractivity (Wildman–Crippen MR) is 67.7 cm³/mol. The van der Waals surface area contributed by atoms with Gasteiger partial charge in [0, 0.05) is 6.54 Å². The van der Waals surface area contributed by atoms with Crippen LogP contribution in [0.4, 0.5) is 0 Å². The van der Waals surface area contributed by atoms with Gasteiger partial charge in [-0.3, -0.25) is 9.59 Å². The van der Waals surface area contributed by atoms with Gasteiger partial charge in [-0.25, -0.2) is 0 Å².